The number of aryl methyl sites for hydroxylation is 1. The number of aromatic amines is 1. The molecule has 5 nitrogen and oxygen atoms in total. The molecule has 4 aromatic rings. The third-order valence-electron chi connectivity index (χ3n) is 3.68. The minimum absolute atomic E-state index is 0.233. The van der Waals surface area contributed by atoms with Crippen molar-refractivity contribution in [1.29, 1.82) is 0 Å². The highest BCUT2D eigenvalue weighted by molar-refractivity contribution is 6.02. The minimum atomic E-state index is 0.233. The molecule has 0 amide bonds. The Morgan fingerprint density at radius 2 is 1.90 bits per heavy atom. The van der Waals surface area contributed by atoms with Crippen LogP contribution in [0.1, 0.15) is 5.56 Å². The number of nitrogen functional groups attached to an aromatic ring is 1. The molecular formula is C16H13N5. The monoisotopic (exact) mass is 275 g/mol. The van der Waals surface area contributed by atoms with Gasteiger partial charge in [-0.05, 0) is 23.3 Å². The van der Waals surface area contributed by atoms with Crippen molar-refractivity contribution in [2.45, 2.75) is 6.92 Å². The topological polar surface area (TPSA) is 80.5 Å². The van der Waals surface area contributed by atoms with E-state index < -0.39 is 0 Å². The van der Waals surface area contributed by atoms with E-state index in [9.17, 15) is 0 Å². The second kappa shape index (κ2) is 4.28. The van der Waals surface area contributed by atoms with Gasteiger partial charge in [-0.15, -0.1) is 0 Å². The van der Waals surface area contributed by atoms with E-state index >= 15 is 0 Å². The van der Waals surface area contributed by atoms with Gasteiger partial charge < -0.3 is 10.7 Å². The maximum Gasteiger partial charge on any atom is 0.222 e. The van der Waals surface area contributed by atoms with Crippen molar-refractivity contribution in [1.82, 2.24) is 19.9 Å². The highest BCUT2D eigenvalue weighted by Gasteiger charge is 2.15. The smallest absolute Gasteiger partial charge is 0.222 e. The zero-order chi connectivity index (χ0) is 14.4. The number of benzene rings is 2. The Morgan fingerprint density at radius 1 is 1.05 bits per heavy atom. The molecule has 21 heavy (non-hydrogen) atoms. The molecule has 0 aliphatic carbocycles. The number of hydrogen-bond donors (Lipinski definition) is 2. The van der Waals surface area contributed by atoms with Gasteiger partial charge in [-0.3, -0.25) is 0 Å². The zero-order valence-corrected chi connectivity index (χ0v) is 11.5. The van der Waals surface area contributed by atoms with E-state index in [0.717, 1.165) is 27.7 Å². The summed E-state index contributed by atoms with van der Waals surface area (Å²) in [6, 6.07) is 12.5. The van der Waals surface area contributed by atoms with Gasteiger partial charge in [0.05, 0.1) is 6.33 Å². The van der Waals surface area contributed by atoms with Crippen LogP contribution in [0, 0.1) is 6.92 Å². The molecular weight excluding hydrogens is 262 g/mol. The van der Waals surface area contributed by atoms with Crippen molar-refractivity contribution >= 4 is 27.9 Å². The minimum Gasteiger partial charge on any atom is -0.368 e. The number of H-pyrrole nitrogens is 1. The Bertz CT molecular complexity index is 971. The quantitative estimate of drug-likeness (QED) is 0.559. The molecule has 0 bridgehead atoms. The number of rotatable bonds is 1. The molecule has 0 fully saturated rings. The summed E-state index contributed by atoms with van der Waals surface area (Å²) in [4.78, 5) is 15.9. The van der Waals surface area contributed by atoms with Gasteiger partial charge in [0.1, 0.15) is 11.2 Å². The van der Waals surface area contributed by atoms with E-state index in [1.165, 1.54) is 5.39 Å². The van der Waals surface area contributed by atoms with Crippen molar-refractivity contribution < 1.29 is 0 Å². The average Bonchev–Trinajstić information content (AvgIpc) is 2.94. The molecule has 2 aromatic carbocycles. The summed E-state index contributed by atoms with van der Waals surface area (Å²) in [7, 11) is 0. The van der Waals surface area contributed by atoms with E-state index in [4.69, 9.17) is 5.73 Å². The summed E-state index contributed by atoms with van der Waals surface area (Å²) >= 11 is 0. The fraction of sp³-hybridized carbons (Fsp3) is 0.0625. The number of anilines is 1. The predicted molar refractivity (Wildman–Crippen MR) is 83.8 cm³/mol. The Balaban J connectivity index is 2.18. The van der Waals surface area contributed by atoms with Crippen LogP contribution in [0.2, 0.25) is 0 Å². The van der Waals surface area contributed by atoms with E-state index in [1.54, 1.807) is 6.33 Å². The van der Waals surface area contributed by atoms with Gasteiger partial charge in [0, 0.05) is 5.56 Å². The van der Waals surface area contributed by atoms with Crippen LogP contribution in [0.25, 0.3) is 33.2 Å². The average molecular weight is 275 g/mol. The van der Waals surface area contributed by atoms with Crippen molar-refractivity contribution in [3.8, 4) is 11.3 Å². The van der Waals surface area contributed by atoms with Gasteiger partial charge in [0.15, 0.2) is 5.65 Å². The van der Waals surface area contributed by atoms with Crippen LogP contribution in [0.15, 0.2) is 42.7 Å². The van der Waals surface area contributed by atoms with Gasteiger partial charge in [0.25, 0.3) is 0 Å². The molecule has 0 aliphatic heterocycles. The fourth-order valence-electron chi connectivity index (χ4n) is 2.73. The molecule has 5 heteroatoms. The predicted octanol–water partition coefficient (Wildman–Crippen LogP) is 3.06. The van der Waals surface area contributed by atoms with Crippen LogP contribution in [0.5, 0.6) is 0 Å². The second-order valence-corrected chi connectivity index (χ2v) is 5.01. The summed E-state index contributed by atoms with van der Waals surface area (Å²) in [6.07, 6.45) is 1.61. The third kappa shape index (κ3) is 1.74. The summed E-state index contributed by atoms with van der Waals surface area (Å²) in [6.45, 7) is 2.07. The lowest BCUT2D eigenvalue weighted by molar-refractivity contribution is 1.22. The number of fused-ring (bicyclic) bond motifs is 2. The van der Waals surface area contributed by atoms with Gasteiger partial charge in [-0.25, -0.2) is 9.97 Å². The fourth-order valence-corrected chi connectivity index (χ4v) is 2.73. The molecule has 2 heterocycles. The first kappa shape index (κ1) is 11.8. The van der Waals surface area contributed by atoms with Crippen molar-refractivity contribution in [3.63, 3.8) is 0 Å². The van der Waals surface area contributed by atoms with Crippen LogP contribution in [-0.2, 0) is 0 Å². The third-order valence-corrected chi connectivity index (χ3v) is 3.68. The summed E-state index contributed by atoms with van der Waals surface area (Å²) in [5.41, 5.74) is 10.2. The van der Waals surface area contributed by atoms with Crippen molar-refractivity contribution in [2.75, 3.05) is 5.73 Å². The standard InChI is InChI=1S/C16H13N5/c1-9-6-7-10-4-2-3-5-11(10)12(9)13-14-15(19-8-18-14)21-16(17)20-13/h2-8H,1H3,(H3,17,18,19,20,21). The molecule has 0 saturated heterocycles. The summed E-state index contributed by atoms with van der Waals surface area (Å²) < 4.78 is 0. The molecule has 0 unspecified atom stereocenters. The van der Waals surface area contributed by atoms with E-state index in [0.29, 0.717) is 5.65 Å². The first-order valence-corrected chi connectivity index (χ1v) is 6.69. The molecule has 0 aliphatic rings. The Hall–Kier alpha value is -2.95. The lowest BCUT2D eigenvalue weighted by Gasteiger charge is -2.11. The van der Waals surface area contributed by atoms with Crippen molar-refractivity contribution in [2.24, 2.45) is 0 Å². The number of nitrogens with one attached hydrogen (secondary N) is 1. The van der Waals surface area contributed by atoms with Gasteiger partial charge in [-0.1, -0.05) is 36.4 Å². The molecule has 0 saturated carbocycles. The van der Waals surface area contributed by atoms with Gasteiger partial charge in [-0.2, -0.15) is 4.98 Å². The van der Waals surface area contributed by atoms with E-state index in [2.05, 4.69) is 51.1 Å². The molecule has 0 radical (unpaired) electrons. The molecule has 2 aromatic heterocycles. The van der Waals surface area contributed by atoms with Crippen LogP contribution in [-0.4, -0.2) is 19.9 Å². The first-order chi connectivity index (χ1) is 10.2. The number of imidazole rings is 1. The largest absolute Gasteiger partial charge is 0.368 e. The van der Waals surface area contributed by atoms with Gasteiger partial charge >= 0.3 is 0 Å². The maximum absolute atomic E-state index is 5.84. The Kier molecular flexibility index (Phi) is 2.41. The number of aromatic nitrogens is 4. The Labute approximate surface area is 120 Å². The molecule has 0 spiro atoms. The number of hydrogen-bond acceptors (Lipinski definition) is 4. The van der Waals surface area contributed by atoms with Crippen LogP contribution < -0.4 is 5.73 Å². The van der Waals surface area contributed by atoms with E-state index in [-0.39, 0.29) is 5.95 Å². The molecule has 3 N–H and O–H groups in total. The number of nitrogens with zero attached hydrogens (tertiary/aromatic N) is 3. The normalized spacial score (nSPS) is 11.3. The highest BCUT2D eigenvalue weighted by atomic mass is 15.1. The molecule has 4 rings (SSSR count). The zero-order valence-electron chi connectivity index (χ0n) is 11.5. The van der Waals surface area contributed by atoms with Crippen LogP contribution >= 0.6 is 0 Å². The van der Waals surface area contributed by atoms with Crippen molar-refractivity contribution in [3.05, 3.63) is 48.3 Å². The van der Waals surface area contributed by atoms with Crippen LogP contribution in [0.4, 0.5) is 5.95 Å². The Morgan fingerprint density at radius 3 is 2.81 bits per heavy atom. The summed E-state index contributed by atoms with van der Waals surface area (Å²) in [5.74, 6) is 0.233. The second-order valence-electron chi connectivity index (χ2n) is 5.01. The lowest BCUT2D eigenvalue weighted by Crippen LogP contribution is -1.99. The first-order valence-electron chi connectivity index (χ1n) is 6.69. The van der Waals surface area contributed by atoms with Crippen LogP contribution in [0.3, 0.4) is 0 Å². The highest BCUT2D eigenvalue weighted by Crippen LogP contribution is 2.33. The SMILES string of the molecule is Cc1ccc2ccccc2c1-c1nc(N)nc2nc[nH]c12. The number of nitrogens with two attached hydrogens (primary N) is 1. The van der Waals surface area contributed by atoms with Gasteiger partial charge in [0.2, 0.25) is 5.95 Å². The molecule has 0 atom stereocenters. The molecule has 102 valence electrons. The maximum atomic E-state index is 5.84. The lowest BCUT2D eigenvalue weighted by atomic mass is 9.97. The summed E-state index contributed by atoms with van der Waals surface area (Å²) in [5, 5.41) is 2.31. The van der Waals surface area contributed by atoms with E-state index in [1.807, 2.05) is 12.1 Å².